The van der Waals surface area contributed by atoms with E-state index in [1.165, 1.54) is 0 Å². The Labute approximate surface area is 114 Å². The van der Waals surface area contributed by atoms with Gasteiger partial charge in [0.15, 0.2) is 6.29 Å². The van der Waals surface area contributed by atoms with Gasteiger partial charge in [-0.25, -0.2) is 0 Å². The molecule has 5 atom stereocenters. The monoisotopic (exact) mass is 278 g/mol. The molecule has 6 nitrogen and oxygen atoms in total. The molecule has 114 valence electrons. The molecule has 1 rings (SSSR count). The van der Waals surface area contributed by atoms with Gasteiger partial charge in [0.05, 0.1) is 18.3 Å². The molecule has 0 aromatic rings. The van der Waals surface area contributed by atoms with Crippen molar-refractivity contribution in [3.8, 4) is 0 Å². The Bertz CT molecular complexity index is 275. The minimum atomic E-state index is -1.31. The van der Waals surface area contributed by atoms with Gasteiger partial charge in [-0.05, 0) is 34.6 Å². The maximum Gasteiger partial charge on any atom is 0.186 e. The van der Waals surface area contributed by atoms with Crippen molar-refractivity contribution in [1.82, 2.24) is 0 Å². The molecule has 0 bridgehead atoms. The van der Waals surface area contributed by atoms with Gasteiger partial charge in [-0.1, -0.05) is 0 Å². The van der Waals surface area contributed by atoms with E-state index >= 15 is 0 Å². The average molecular weight is 278 g/mol. The van der Waals surface area contributed by atoms with Crippen molar-refractivity contribution >= 4 is 0 Å². The average Bonchev–Trinajstić information content (AvgIpc) is 2.26. The summed E-state index contributed by atoms with van der Waals surface area (Å²) >= 11 is 0. The van der Waals surface area contributed by atoms with Crippen LogP contribution in [0.2, 0.25) is 0 Å². The summed E-state index contributed by atoms with van der Waals surface area (Å²) in [5, 5.41) is 29.5. The summed E-state index contributed by atoms with van der Waals surface area (Å²) in [6, 6.07) is 0. The molecule has 0 aromatic heterocycles. The second-order valence-electron chi connectivity index (χ2n) is 6.12. The van der Waals surface area contributed by atoms with Crippen LogP contribution in [0.5, 0.6) is 0 Å². The number of hydrogen-bond acceptors (Lipinski definition) is 6. The highest BCUT2D eigenvalue weighted by Gasteiger charge is 2.44. The van der Waals surface area contributed by atoms with E-state index in [2.05, 4.69) is 0 Å². The van der Waals surface area contributed by atoms with Crippen molar-refractivity contribution in [3.05, 3.63) is 0 Å². The van der Waals surface area contributed by atoms with Gasteiger partial charge >= 0.3 is 0 Å². The van der Waals surface area contributed by atoms with Crippen LogP contribution in [0.4, 0.5) is 0 Å². The fourth-order valence-corrected chi connectivity index (χ4v) is 1.77. The smallest absolute Gasteiger partial charge is 0.186 e. The van der Waals surface area contributed by atoms with Crippen molar-refractivity contribution < 1.29 is 29.5 Å². The Morgan fingerprint density at radius 2 is 1.63 bits per heavy atom. The van der Waals surface area contributed by atoms with Gasteiger partial charge in [0.1, 0.15) is 24.4 Å². The minimum Gasteiger partial charge on any atom is -0.387 e. The molecule has 0 aliphatic carbocycles. The van der Waals surface area contributed by atoms with Crippen LogP contribution in [0.3, 0.4) is 0 Å². The molecule has 3 N–H and O–H groups in total. The maximum absolute atomic E-state index is 9.89. The highest BCUT2D eigenvalue weighted by molar-refractivity contribution is 4.89. The van der Waals surface area contributed by atoms with Gasteiger partial charge in [-0.2, -0.15) is 0 Å². The Morgan fingerprint density at radius 1 is 1.05 bits per heavy atom. The molecular weight excluding hydrogens is 252 g/mol. The number of rotatable bonds is 4. The van der Waals surface area contributed by atoms with E-state index in [0.29, 0.717) is 0 Å². The van der Waals surface area contributed by atoms with Crippen molar-refractivity contribution in [2.24, 2.45) is 0 Å². The fourth-order valence-electron chi connectivity index (χ4n) is 1.77. The third-order valence-electron chi connectivity index (χ3n) is 2.76. The maximum atomic E-state index is 9.89. The predicted molar refractivity (Wildman–Crippen MR) is 68.6 cm³/mol. The van der Waals surface area contributed by atoms with Gasteiger partial charge in [-0.15, -0.1) is 0 Å². The second-order valence-corrected chi connectivity index (χ2v) is 6.12. The quantitative estimate of drug-likeness (QED) is 0.672. The van der Waals surface area contributed by atoms with Gasteiger partial charge in [0.2, 0.25) is 0 Å². The highest BCUT2D eigenvalue weighted by atomic mass is 16.7. The van der Waals surface area contributed by atoms with Crippen molar-refractivity contribution in [2.75, 3.05) is 6.61 Å². The van der Waals surface area contributed by atoms with Crippen LogP contribution < -0.4 is 0 Å². The largest absolute Gasteiger partial charge is 0.387 e. The third kappa shape index (κ3) is 4.98. The first-order chi connectivity index (χ1) is 8.61. The summed E-state index contributed by atoms with van der Waals surface area (Å²) in [7, 11) is 0. The van der Waals surface area contributed by atoms with Crippen LogP contribution in [0.25, 0.3) is 0 Å². The zero-order valence-corrected chi connectivity index (χ0v) is 12.2. The number of hydrogen-bond donors (Lipinski definition) is 3. The molecule has 1 aliphatic heterocycles. The van der Waals surface area contributed by atoms with E-state index in [4.69, 9.17) is 14.2 Å². The normalized spacial score (nSPS) is 36.8. The lowest BCUT2D eigenvalue weighted by atomic mass is 9.99. The molecule has 6 heteroatoms. The third-order valence-corrected chi connectivity index (χ3v) is 2.76. The summed E-state index contributed by atoms with van der Waals surface area (Å²) in [6.07, 6.45) is -5.65. The Morgan fingerprint density at radius 3 is 2.11 bits per heavy atom. The molecule has 0 spiro atoms. The summed E-state index contributed by atoms with van der Waals surface area (Å²) < 4.78 is 16.4. The van der Waals surface area contributed by atoms with Crippen molar-refractivity contribution in [3.63, 3.8) is 0 Å². The molecule has 0 radical (unpaired) electrons. The highest BCUT2D eigenvalue weighted by Crippen LogP contribution is 2.24. The van der Waals surface area contributed by atoms with E-state index < -0.39 is 30.7 Å². The summed E-state index contributed by atoms with van der Waals surface area (Å²) in [4.78, 5) is 0. The predicted octanol–water partition coefficient (Wildman–Crippen LogP) is 0.0341. The summed E-state index contributed by atoms with van der Waals surface area (Å²) in [5.41, 5.74) is -0.376. The lowest BCUT2D eigenvalue weighted by Crippen LogP contribution is -2.60. The molecule has 5 unspecified atom stereocenters. The van der Waals surface area contributed by atoms with E-state index in [-0.39, 0.29) is 18.3 Å². The van der Waals surface area contributed by atoms with E-state index in [9.17, 15) is 15.3 Å². The first kappa shape index (κ1) is 16.8. The SMILES string of the molecule is CC(C)OC1OC(COC(C)(C)C)C(O)C(O)C1O. The van der Waals surface area contributed by atoms with E-state index in [1.807, 2.05) is 20.8 Å². The lowest BCUT2D eigenvalue weighted by molar-refractivity contribution is -0.312. The lowest BCUT2D eigenvalue weighted by Gasteiger charge is -2.41. The van der Waals surface area contributed by atoms with E-state index in [0.717, 1.165) is 0 Å². The van der Waals surface area contributed by atoms with Crippen LogP contribution >= 0.6 is 0 Å². The number of aliphatic hydroxyl groups excluding tert-OH is 3. The zero-order valence-electron chi connectivity index (χ0n) is 12.2. The first-order valence-corrected chi connectivity index (χ1v) is 6.61. The molecule has 1 fully saturated rings. The van der Waals surface area contributed by atoms with Crippen LogP contribution in [0, 0.1) is 0 Å². The second kappa shape index (κ2) is 6.47. The Balaban J connectivity index is 2.65. The van der Waals surface area contributed by atoms with Gasteiger partial charge in [-0.3, -0.25) is 0 Å². The van der Waals surface area contributed by atoms with Crippen molar-refractivity contribution in [2.45, 2.75) is 77.0 Å². The molecule has 19 heavy (non-hydrogen) atoms. The first-order valence-electron chi connectivity index (χ1n) is 6.61. The molecule has 0 saturated carbocycles. The van der Waals surface area contributed by atoms with Crippen LogP contribution in [0.15, 0.2) is 0 Å². The molecule has 0 amide bonds. The van der Waals surface area contributed by atoms with Crippen LogP contribution in [-0.2, 0) is 14.2 Å². The molecule has 0 aromatic carbocycles. The molecule has 1 saturated heterocycles. The molecular formula is C13H26O6. The number of aliphatic hydroxyl groups is 3. The van der Waals surface area contributed by atoms with Gasteiger partial charge in [0.25, 0.3) is 0 Å². The minimum absolute atomic E-state index is 0.117. The Kier molecular flexibility index (Phi) is 5.73. The standard InChI is InChI=1S/C13H26O6/c1-7(2)18-12-11(16)10(15)9(14)8(19-12)6-17-13(3,4)5/h7-12,14-16H,6H2,1-5H3. The topological polar surface area (TPSA) is 88.4 Å². The van der Waals surface area contributed by atoms with Gasteiger partial charge < -0.3 is 29.5 Å². The summed E-state index contributed by atoms with van der Waals surface area (Å²) in [6.45, 7) is 9.37. The Hall–Kier alpha value is -0.240. The van der Waals surface area contributed by atoms with Crippen LogP contribution in [-0.4, -0.2) is 64.3 Å². The van der Waals surface area contributed by atoms with E-state index in [1.54, 1.807) is 13.8 Å². The fraction of sp³-hybridized carbons (Fsp3) is 1.00. The summed E-state index contributed by atoms with van der Waals surface area (Å²) in [5.74, 6) is 0. The number of ether oxygens (including phenoxy) is 3. The van der Waals surface area contributed by atoms with Gasteiger partial charge in [0, 0.05) is 0 Å². The molecule has 1 heterocycles. The zero-order chi connectivity index (χ0) is 14.8. The molecule has 1 aliphatic rings. The van der Waals surface area contributed by atoms with Crippen LogP contribution in [0.1, 0.15) is 34.6 Å². The van der Waals surface area contributed by atoms with Crippen molar-refractivity contribution in [1.29, 1.82) is 0 Å².